The fraction of sp³-hybridized carbons (Fsp3) is 0.111. The van der Waals surface area contributed by atoms with Crippen LogP contribution in [-0.4, -0.2) is 11.1 Å². The normalized spacial score (nSPS) is 10.3. The van der Waals surface area contributed by atoms with Crippen molar-refractivity contribution < 1.29 is 9.53 Å². The molecule has 72 valence electrons. The lowest BCUT2D eigenvalue weighted by molar-refractivity contribution is 0.150. The van der Waals surface area contributed by atoms with Gasteiger partial charge in [-0.25, -0.2) is 9.78 Å². The van der Waals surface area contributed by atoms with Crippen LogP contribution in [0.4, 0.5) is 4.79 Å². The molecule has 14 heavy (non-hydrogen) atoms. The monoisotopic (exact) mass is 208 g/mol. The molecule has 0 radical (unpaired) electrons. The van der Waals surface area contributed by atoms with Gasteiger partial charge in [-0.3, -0.25) is 0 Å². The number of para-hydroxylation sites is 1. The summed E-state index contributed by atoms with van der Waals surface area (Å²) in [6, 6.07) is 7.75. The smallest absolute Gasteiger partial charge is 0.404 e. The predicted octanol–water partition coefficient (Wildman–Crippen LogP) is 1.89. The standard InChI is InChI=1S/C9H8N2O2S/c10-9(12)13-5-8-11-6-3-1-2-4-7(6)14-8/h1-4H,5H2,(H2,10,12). The van der Waals surface area contributed by atoms with Crippen LogP contribution in [-0.2, 0) is 11.3 Å². The molecular weight excluding hydrogens is 200 g/mol. The van der Waals surface area contributed by atoms with Crippen LogP contribution in [0, 0.1) is 0 Å². The van der Waals surface area contributed by atoms with Gasteiger partial charge in [0.25, 0.3) is 0 Å². The number of hydrogen-bond acceptors (Lipinski definition) is 4. The number of fused-ring (bicyclic) bond motifs is 1. The lowest BCUT2D eigenvalue weighted by Crippen LogP contribution is -2.12. The van der Waals surface area contributed by atoms with Crippen LogP contribution in [0.15, 0.2) is 24.3 Å². The average Bonchev–Trinajstić information content (AvgIpc) is 2.57. The van der Waals surface area contributed by atoms with Crippen molar-refractivity contribution in [2.24, 2.45) is 5.73 Å². The summed E-state index contributed by atoms with van der Waals surface area (Å²) in [5.74, 6) is 0. The van der Waals surface area contributed by atoms with E-state index >= 15 is 0 Å². The highest BCUT2D eigenvalue weighted by Gasteiger charge is 2.04. The van der Waals surface area contributed by atoms with Gasteiger partial charge in [0.15, 0.2) is 0 Å². The highest BCUT2D eigenvalue weighted by molar-refractivity contribution is 7.18. The maximum absolute atomic E-state index is 10.4. The SMILES string of the molecule is NC(=O)OCc1nc2ccccc2s1. The molecule has 2 N–H and O–H groups in total. The fourth-order valence-electron chi connectivity index (χ4n) is 1.11. The summed E-state index contributed by atoms with van der Waals surface area (Å²) in [5, 5.41) is 0.755. The Morgan fingerprint density at radius 1 is 1.50 bits per heavy atom. The van der Waals surface area contributed by atoms with Gasteiger partial charge in [0.1, 0.15) is 11.6 Å². The van der Waals surface area contributed by atoms with Gasteiger partial charge in [0.05, 0.1) is 10.2 Å². The second kappa shape index (κ2) is 3.63. The van der Waals surface area contributed by atoms with Gasteiger partial charge in [-0.05, 0) is 12.1 Å². The summed E-state index contributed by atoms with van der Waals surface area (Å²) in [6.45, 7) is 0.147. The Morgan fingerprint density at radius 3 is 3.00 bits per heavy atom. The van der Waals surface area contributed by atoms with Crippen molar-refractivity contribution in [1.82, 2.24) is 4.98 Å². The van der Waals surface area contributed by atoms with Gasteiger partial charge in [0.2, 0.25) is 0 Å². The maximum Gasteiger partial charge on any atom is 0.404 e. The van der Waals surface area contributed by atoms with Crippen LogP contribution in [0.2, 0.25) is 0 Å². The number of rotatable bonds is 2. The molecule has 0 saturated carbocycles. The molecule has 0 saturated heterocycles. The van der Waals surface area contributed by atoms with Crippen LogP contribution in [0.5, 0.6) is 0 Å². The Balaban J connectivity index is 2.22. The number of thiazole rings is 1. The third-order valence-electron chi connectivity index (χ3n) is 1.68. The van der Waals surface area contributed by atoms with Crippen LogP contribution in [0.3, 0.4) is 0 Å². The third kappa shape index (κ3) is 1.82. The first-order valence-corrected chi connectivity index (χ1v) is 4.84. The Kier molecular flexibility index (Phi) is 2.32. The number of aromatic nitrogens is 1. The summed E-state index contributed by atoms with van der Waals surface area (Å²) >= 11 is 1.50. The van der Waals surface area contributed by atoms with E-state index in [1.165, 1.54) is 11.3 Å². The van der Waals surface area contributed by atoms with Gasteiger partial charge in [-0.2, -0.15) is 0 Å². The Morgan fingerprint density at radius 2 is 2.29 bits per heavy atom. The second-order valence-electron chi connectivity index (χ2n) is 2.68. The number of benzene rings is 1. The van der Waals surface area contributed by atoms with E-state index in [4.69, 9.17) is 5.73 Å². The van der Waals surface area contributed by atoms with Crippen molar-refractivity contribution in [1.29, 1.82) is 0 Å². The molecule has 1 heterocycles. The number of hydrogen-bond donors (Lipinski definition) is 1. The summed E-state index contributed by atoms with van der Waals surface area (Å²) < 4.78 is 5.72. The molecular formula is C9H8N2O2S. The van der Waals surface area contributed by atoms with E-state index < -0.39 is 6.09 Å². The lowest BCUT2D eigenvalue weighted by Gasteiger charge is -1.94. The van der Waals surface area contributed by atoms with Crippen LogP contribution in [0.25, 0.3) is 10.2 Å². The average molecular weight is 208 g/mol. The molecule has 1 aromatic carbocycles. The quantitative estimate of drug-likeness (QED) is 0.819. The largest absolute Gasteiger partial charge is 0.442 e. The van der Waals surface area contributed by atoms with Crippen LogP contribution < -0.4 is 5.73 Å². The van der Waals surface area contributed by atoms with E-state index in [0.29, 0.717) is 0 Å². The van der Waals surface area contributed by atoms with Crippen molar-refractivity contribution in [2.75, 3.05) is 0 Å². The van der Waals surface area contributed by atoms with Crippen LogP contribution in [0.1, 0.15) is 5.01 Å². The van der Waals surface area contributed by atoms with Crippen molar-refractivity contribution in [3.05, 3.63) is 29.3 Å². The third-order valence-corrected chi connectivity index (χ3v) is 2.69. The second-order valence-corrected chi connectivity index (χ2v) is 3.80. The highest BCUT2D eigenvalue weighted by atomic mass is 32.1. The summed E-state index contributed by atoms with van der Waals surface area (Å²) in [5.41, 5.74) is 5.77. The molecule has 1 aromatic heterocycles. The number of primary amides is 1. The lowest BCUT2D eigenvalue weighted by atomic mass is 10.3. The van der Waals surface area contributed by atoms with Crippen LogP contribution >= 0.6 is 11.3 Å². The van der Waals surface area contributed by atoms with Crippen molar-refractivity contribution in [3.8, 4) is 0 Å². The van der Waals surface area contributed by atoms with E-state index in [2.05, 4.69) is 9.72 Å². The minimum absolute atomic E-state index is 0.147. The highest BCUT2D eigenvalue weighted by Crippen LogP contribution is 2.21. The number of amides is 1. The summed E-state index contributed by atoms with van der Waals surface area (Å²) in [6.07, 6.45) is -0.774. The number of ether oxygens (including phenoxy) is 1. The minimum Gasteiger partial charge on any atom is -0.442 e. The molecule has 4 nitrogen and oxygen atoms in total. The Hall–Kier alpha value is -1.62. The van der Waals surface area contributed by atoms with Crippen molar-refractivity contribution in [2.45, 2.75) is 6.61 Å². The van der Waals surface area contributed by atoms with Gasteiger partial charge in [-0.1, -0.05) is 12.1 Å². The Labute approximate surface area is 84.3 Å². The fourth-order valence-corrected chi connectivity index (χ4v) is 2.00. The van der Waals surface area contributed by atoms with E-state index in [0.717, 1.165) is 15.2 Å². The Bertz CT molecular complexity index is 434. The van der Waals surface area contributed by atoms with Crippen molar-refractivity contribution in [3.63, 3.8) is 0 Å². The first-order valence-electron chi connectivity index (χ1n) is 4.02. The number of nitrogens with zero attached hydrogens (tertiary/aromatic N) is 1. The maximum atomic E-state index is 10.4. The molecule has 0 aliphatic rings. The van der Waals surface area contributed by atoms with Gasteiger partial charge >= 0.3 is 6.09 Å². The summed E-state index contributed by atoms with van der Waals surface area (Å²) in [4.78, 5) is 14.6. The molecule has 0 unspecified atom stereocenters. The summed E-state index contributed by atoms with van der Waals surface area (Å²) in [7, 11) is 0. The molecule has 5 heteroatoms. The number of carbonyl (C=O) groups excluding carboxylic acids is 1. The van der Waals surface area contributed by atoms with E-state index in [-0.39, 0.29) is 6.61 Å². The predicted molar refractivity (Wildman–Crippen MR) is 54.0 cm³/mol. The molecule has 0 atom stereocenters. The molecule has 2 rings (SSSR count). The first kappa shape index (κ1) is 8.96. The minimum atomic E-state index is -0.774. The number of carbonyl (C=O) groups is 1. The topological polar surface area (TPSA) is 65.2 Å². The zero-order valence-corrected chi connectivity index (χ0v) is 8.08. The zero-order valence-electron chi connectivity index (χ0n) is 7.27. The van der Waals surface area contributed by atoms with Gasteiger partial charge < -0.3 is 10.5 Å². The molecule has 1 amide bonds. The van der Waals surface area contributed by atoms with Crippen molar-refractivity contribution >= 4 is 27.6 Å². The number of nitrogens with two attached hydrogens (primary N) is 1. The molecule has 0 fully saturated rings. The molecule has 0 aliphatic carbocycles. The van der Waals surface area contributed by atoms with E-state index in [1.807, 2.05) is 24.3 Å². The molecule has 0 aliphatic heterocycles. The molecule has 2 aromatic rings. The van der Waals surface area contributed by atoms with E-state index in [9.17, 15) is 4.79 Å². The molecule has 0 bridgehead atoms. The first-order chi connectivity index (χ1) is 6.75. The van der Waals surface area contributed by atoms with E-state index in [1.54, 1.807) is 0 Å². The molecule has 0 spiro atoms. The zero-order chi connectivity index (χ0) is 9.97. The van der Waals surface area contributed by atoms with Gasteiger partial charge in [-0.15, -0.1) is 11.3 Å². The van der Waals surface area contributed by atoms with Gasteiger partial charge in [0, 0.05) is 0 Å².